The maximum atomic E-state index is 13.4. The SMILES string of the molecule is CCOC(=O)[C@H]1[C@H]2C(=O)N(CCCCO)[C@H](C(=O)NC(C)C)[C@H]2C=C[C@H]1CC. The van der Waals surface area contributed by atoms with Crippen molar-refractivity contribution in [2.24, 2.45) is 23.7 Å². The molecule has 1 fully saturated rings. The normalized spacial score (nSPS) is 29.1. The van der Waals surface area contributed by atoms with Crippen LogP contribution in [0.4, 0.5) is 0 Å². The van der Waals surface area contributed by atoms with Gasteiger partial charge in [0.1, 0.15) is 6.04 Å². The van der Waals surface area contributed by atoms with Crippen molar-refractivity contribution >= 4 is 17.8 Å². The minimum atomic E-state index is -0.635. The van der Waals surface area contributed by atoms with Gasteiger partial charge < -0.3 is 20.1 Å². The summed E-state index contributed by atoms with van der Waals surface area (Å²) in [7, 11) is 0. The number of nitrogens with zero attached hydrogens (tertiary/aromatic N) is 1. The lowest BCUT2D eigenvalue weighted by Crippen LogP contribution is -2.49. The summed E-state index contributed by atoms with van der Waals surface area (Å²) >= 11 is 0. The predicted octanol–water partition coefficient (Wildman–Crippen LogP) is 1.50. The molecular weight excluding hydrogens is 360 g/mol. The molecule has 7 nitrogen and oxygen atoms in total. The smallest absolute Gasteiger partial charge is 0.310 e. The molecule has 0 spiro atoms. The Morgan fingerprint density at radius 2 is 1.96 bits per heavy atom. The number of likely N-dealkylation sites (tertiary alicyclic amines) is 1. The molecule has 2 aliphatic rings. The van der Waals surface area contributed by atoms with Gasteiger partial charge in [0.25, 0.3) is 0 Å². The summed E-state index contributed by atoms with van der Waals surface area (Å²) in [5.41, 5.74) is 0. The molecule has 5 atom stereocenters. The first-order chi connectivity index (χ1) is 13.4. The third-order valence-electron chi connectivity index (χ3n) is 5.65. The van der Waals surface area contributed by atoms with Gasteiger partial charge in [-0.05, 0) is 46.0 Å². The highest BCUT2D eigenvalue weighted by atomic mass is 16.5. The van der Waals surface area contributed by atoms with Gasteiger partial charge in [0.2, 0.25) is 11.8 Å². The summed E-state index contributed by atoms with van der Waals surface area (Å²) in [6.45, 7) is 8.21. The highest BCUT2D eigenvalue weighted by molar-refractivity contribution is 5.96. The molecule has 2 amide bonds. The molecule has 2 N–H and O–H groups in total. The molecule has 0 bridgehead atoms. The lowest BCUT2D eigenvalue weighted by molar-refractivity contribution is -0.155. The fraction of sp³-hybridized carbons (Fsp3) is 0.762. The minimum Gasteiger partial charge on any atom is -0.466 e. The number of hydrogen-bond donors (Lipinski definition) is 2. The maximum absolute atomic E-state index is 13.4. The second kappa shape index (κ2) is 10.0. The van der Waals surface area contributed by atoms with E-state index in [9.17, 15) is 14.4 Å². The van der Waals surface area contributed by atoms with Gasteiger partial charge in [-0.15, -0.1) is 0 Å². The van der Waals surface area contributed by atoms with E-state index in [4.69, 9.17) is 9.84 Å². The molecule has 0 unspecified atom stereocenters. The van der Waals surface area contributed by atoms with Crippen LogP contribution in [0.1, 0.15) is 47.0 Å². The molecule has 7 heteroatoms. The Morgan fingerprint density at radius 3 is 2.54 bits per heavy atom. The van der Waals surface area contributed by atoms with Crippen LogP contribution in [0.25, 0.3) is 0 Å². The van der Waals surface area contributed by atoms with Crippen molar-refractivity contribution in [1.29, 1.82) is 0 Å². The van der Waals surface area contributed by atoms with E-state index in [1.807, 2.05) is 32.9 Å². The Bertz CT molecular complexity index is 604. The Balaban J connectivity index is 2.39. The number of hydrogen-bond acceptors (Lipinski definition) is 5. The van der Waals surface area contributed by atoms with Gasteiger partial charge in [-0.1, -0.05) is 19.1 Å². The highest BCUT2D eigenvalue weighted by Gasteiger charge is 2.57. The second-order valence-corrected chi connectivity index (χ2v) is 7.91. The first kappa shape index (κ1) is 22.4. The fourth-order valence-corrected chi connectivity index (χ4v) is 4.45. The van der Waals surface area contributed by atoms with Crippen LogP contribution >= 0.6 is 0 Å². The zero-order valence-corrected chi connectivity index (χ0v) is 17.4. The number of carbonyl (C=O) groups excluding carboxylic acids is 3. The number of nitrogens with one attached hydrogen (secondary N) is 1. The molecule has 1 aliphatic heterocycles. The maximum Gasteiger partial charge on any atom is 0.310 e. The Morgan fingerprint density at radius 1 is 1.25 bits per heavy atom. The summed E-state index contributed by atoms with van der Waals surface area (Å²) < 4.78 is 5.29. The average Bonchev–Trinajstić information content (AvgIpc) is 2.93. The summed E-state index contributed by atoms with van der Waals surface area (Å²) in [4.78, 5) is 40.6. The molecule has 2 rings (SSSR count). The highest BCUT2D eigenvalue weighted by Crippen LogP contribution is 2.45. The summed E-state index contributed by atoms with van der Waals surface area (Å²) in [6.07, 6.45) is 5.82. The quantitative estimate of drug-likeness (QED) is 0.351. The van der Waals surface area contributed by atoms with Crippen molar-refractivity contribution in [3.8, 4) is 0 Å². The van der Waals surface area contributed by atoms with E-state index in [2.05, 4.69) is 5.32 Å². The summed E-state index contributed by atoms with van der Waals surface area (Å²) in [5.74, 6) is -2.28. The van der Waals surface area contributed by atoms with Crippen LogP contribution in [0.2, 0.25) is 0 Å². The van der Waals surface area contributed by atoms with Gasteiger partial charge in [-0.2, -0.15) is 0 Å². The zero-order valence-electron chi connectivity index (χ0n) is 17.4. The van der Waals surface area contributed by atoms with Crippen molar-refractivity contribution in [1.82, 2.24) is 10.2 Å². The number of rotatable bonds is 9. The molecule has 28 heavy (non-hydrogen) atoms. The zero-order chi connectivity index (χ0) is 20.8. The van der Waals surface area contributed by atoms with Crippen LogP contribution in [0.5, 0.6) is 0 Å². The van der Waals surface area contributed by atoms with Gasteiger partial charge in [-0.3, -0.25) is 14.4 Å². The van der Waals surface area contributed by atoms with Gasteiger partial charge in [-0.25, -0.2) is 0 Å². The largest absolute Gasteiger partial charge is 0.466 e. The number of ether oxygens (including phenoxy) is 1. The van der Waals surface area contributed by atoms with Crippen LogP contribution in [-0.4, -0.2) is 59.6 Å². The van der Waals surface area contributed by atoms with Crippen molar-refractivity contribution in [3.63, 3.8) is 0 Å². The molecular formula is C21H34N2O5. The van der Waals surface area contributed by atoms with E-state index in [0.717, 1.165) is 6.42 Å². The van der Waals surface area contributed by atoms with Gasteiger partial charge >= 0.3 is 5.97 Å². The first-order valence-corrected chi connectivity index (χ1v) is 10.4. The number of allylic oxidation sites excluding steroid dienone is 1. The van der Waals surface area contributed by atoms with Crippen molar-refractivity contribution in [2.75, 3.05) is 19.8 Å². The second-order valence-electron chi connectivity index (χ2n) is 7.91. The van der Waals surface area contributed by atoms with Crippen LogP contribution < -0.4 is 5.32 Å². The minimum absolute atomic E-state index is 0.0427. The summed E-state index contributed by atoms with van der Waals surface area (Å²) in [5, 5.41) is 12.0. The number of fused-ring (bicyclic) bond motifs is 1. The van der Waals surface area contributed by atoms with E-state index >= 15 is 0 Å². The Hall–Kier alpha value is -1.89. The van der Waals surface area contributed by atoms with Crippen LogP contribution in [0.15, 0.2) is 12.2 Å². The van der Waals surface area contributed by atoms with Crippen molar-refractivity contribution in [2.45, 2.75) is 59.0 Å². The third-order valence-corrected chi connectivity index (χ3v) is 5.65. The standard InChI is InChI=1S/C21H34N2O5/c1-5-14-9-10-15-17(16(14)21(27)28-6-2)20(26)23(11-7-8-12-24)18(15)19(25)22-13(3)4/h9-10,13-18,24H,5-8,11-12H2,1-4H3,(H,22,25)/t14-,15+,16-,17+,18+/m1/s1. The molecule has 1 saturated heterocycles. The van der Waals surface area contributed by atoms with Gasteiger partial charge in [0.15, 0.2) is 0 Å². The Kier molecular flexibility index (Phi) is 8.04. The molecule has 0 saturated carbocycles. The lowest BCUT2D eigenvalue weighted by Gasteiger charge is -2.33. The predicted molar refractivity (Wildman–Crippen MR) is 105 cm³/mol. The number of aliphatic hydroxyl groups is 1. The summed E-state index contributed by atoms with van der Waals surface area (Å²) in [6, 6.07) is -0.678. The molecule has 0 aromatic carbocycles. The lowest BCUT2D eigenvalue weighted by atomic mass is 9.69. The van der Waals surface area contributed by atoms with E-state index in [-0.39, 0.29) is 48.9 Å². The van der Waals surface area contributed by atoms with Crippen molar-refractivity contribution in [3.05, 3.63) is 12.2 Å². The topological polar surface area (TPSA) is 95.9 Å². The Labute approximate surface area is 167 Å². The van der Waals surface area contributed by atoms with Gasteiger partial charge in [0.05, 0.1) is 18.4 Å². The van der Waals surface area contributed by atoms with E-state index < -0.39 is 17.9 Å². The monoisotopic (exact) mass is 394 g/mol. The van der Waals surface area contributed by atoms with Crippen LogP contribution in [-0.2, 0) is 19.1 Å². The number of esters is 1. The van der Waals surface area contributed by atoms with E-state index in [0.29, 0.717) is 19.4 Å². The van der Waals surface area contributed by atoms with Crippen LogP contribution in [0.3, 0.4) is 0 Å². The van der Waals surface area contributed by atoms with E-state index in [1.165, 1.54) is 0 Å². The first-order valence-electron chi connectivity index (χ1n) is 10.4. The molecule has 1 aliphatic carbocycles. The van der Waals surface area contributed by atoms with E-state index in [1.54, 1.807) is 11.8 Å². The molecule has 0 radical (unpaired) electrons. The van der Waals surface area contributed by atoms with Crippen LogP contribution in [0, 0.1) is 23.7 Å². The molecule has 158 valence electrons. The average molecular weight is 395 g/mol. The molecule has 0 aromatic rings. The third kappa shape index (κ3) is 4.57. The van der Waals surface area contributed by atoms with Crippen molar-refractivity contribution < 1.29 is 24.2 Å². The number of unbranched alkanes of at least 4 members (excludes halogenated alkanes) is 1. The molecule has 0 aromatic heterocycles. The number of amides is 2. The fourth-order valence-electron chi connectivity index (χ4n) is 4.45. The number of carbonyl (C=O) groups is 3. The van der Waals surface area contributed by atoms with Gasteiger partial charge in [0, 0.05) is 25.1 Å². The molecule has 1 heterocycles. The number of aliphatic hydroxyl groups excluding tert-OH is 1.